The van der Waals surface area contributed by atoms with Gasteiger partial charge in [-0.25, -0.2) is 0 Å². The van der Waals surface area contributed by atoms with Gasteiger partial charge in [-0.05, 0) is 0 Å². The number of hydrogen-bond acceptors (Lipinski definition) is 0. The van der Waals surface area contributed by atoms with E-state index in [2.05, 4.69) is 62.5 Å². The molecule has 0 saturated carbocycles. The van der Waals surface area contributed by atoms with Gasteiger partial charge >= 0.3 is 82.9 Å². The van der Waals surface area contributed by atoms with Gasteiger partial charge in [-0.15, -0.1) is 0 Å². The Bertz CT molecular complexity index is 418. The van der Waals surface area contributed by atoms with Crippen molar-refractivity contribution >= 4 is 14.8 Å². The molecule has 0 spiro atoms. The van der Waals surface area contributed by atoms with Crippen LogP contribution in [0.25, 0.3) is 10.8 Å². The van der Waals surface area contributed by atoms with Crippen molar-refractivity contribution in [2.45, 2.75) is 6.92 Å². The number of fused-ring (bicyclic) bond motifs is 1. The third-order valence-electron chi connectivity index (χ3n) is 2.10. The van der Waals surface area contributed by atoms with Gasteiger partial charge in [0.05, 0.1) is 0 Å². The molecule has 0 unspecified atom stereocenters. The molecule has 0 aromatic heterocycles. The van der Waals surface area contributed by atoms with Gasteiger partial charge in [-0.2, -0.15) is 0 Å². The monoisotopic (exact) mass is 247 g/mol. The number of hydrogen-bond donors (Lipinski definition) is 0. The van der Waals surface area contributed by atoms with E-state index in [1.807, 2.05) is 0 Å². The molecule has 2 aromatic rings. The van der Waals surface area contributed by atoms with Crippen LogP contribution in [0, 0.1) is 6.92 Å². The summed E-state index contributed by atoms with van der Waals surface area (Å²) in [5.74, 6) is 0. The molecule has 0 fully saturated rings. The second-order valence-corrected chi connectivity index (χ2v) is 3.70. The molecule has 62 valence electrons. The van der Waals surface area contributed by atoms with Crippen LogP contribution in [0.2, 0.25) is 0 Å². The molecule has 0 amide bonds. The minimum atomic E-state index is 1.22. The first-order chi connectivity index (χ1) is 5.79. The Morgan fingerprint density at radius 1 is 1.00 bits per heavy atom. The van der Waals surface area contributed by atoms with Crippen LogP contribution >= 0.6 is 0 Å². The van der Waals surface area contributed by atoms with Gasteiger partial charge in [0.2, 0.25) is 0 Å². The fourth-order valence-corrected chi connectivity index (χ4v) is 1.73. The summed E-state index contributed by atoms with van der Waals surface area (Å²) in [7, 11) is 0. The Balaban J connectivity index is 2.91. The minimum absolute atomic E-state index is 1.22. The second kappa shape index (κ2) is 3.01. The van der Waals surface area contributed by atoms with Crippen LogP contribution in [-0.2, 0) is 19.2 Å². The van der Waals surface area contributed by atoms with E-state index in [-0.39, 0.29) is 0 Å². The second-order valence-electron chi connectivity index (χ2n) is 2.86. The van der Waals surface area contributed by atoms with Crippen molar-refractivity contribution in [2.24, 2.45) is 0 Å². The van der Waals surface area contributed by atoms with Crippen molar-refractivity contribution in [3.63, 3.8) is 0 Å². The van der Waals surface area contributed by atoms with Crippen LogP contribution in [-0.4, -0.2) is 0 Å². The molecule has 12 heavy (non-hydrogen) atoms. The van der Waals surface area contributed by atoms with Crippen LogP contribution in [0.5, 0.6) is 0 Å². The standard InChI is InChI=1S/C11H9.Pd/c1-9-5-4-7-10-6-2-3-8-11(9)10;/h2-4,6-8H,1H3;/q;+1. The molecule has 2 aromatic carbocycles. The maximum absolute atomic E-state index is 3.24. The Labute approximate surface area is 83.0 Å². The molecular weight excluding hydrogens is 239 g/mol. The molecule has 0 saturated heterocycles. The summed E-state index contributed by atoms with van der Waals surface area (Å²) in [6, 6.07) is 12.7. The molecule has 0 radical (unpaired) electrons. The van der Waals surface area contributed by atoms with Crippen LogP contribution in [0.1, 0.15) is 5.56 Å². The van der Waals surface area contributed by atoms with E-state index < -0.39 is 0 Å². The van der Waals surface area contributed by atoms with Crippen molar-refractivity contribution in [1.82, 2.24) is 0 Å². The first kappa shape index (κ1) is 7.98. The Hall–Kier alpha value is -0.638. The van der Waals surface area contributed by atoms with Crippen LogP contribution < -0.4 is 4.04 Å². The van der Waals surface area contributed by atoms with Gasteiger partial charge < -0.3 is 0 Å². The molecule has 0 aliphatic carbocycles. The van der Waals surface area contributed by atoms with Crippen LogP contribution in [0.3, 0.4) is 0 Å². The third kappa shape index (κ3) is 1.20. The van der Waals surface area contributed by atoms with Crippen molar-refractivity contribution in [3.8, 4) is 0 Å². The quantitative estimate of drug-likeness (QED) is 0.627. The predicted molar refractivity (Wildman–Crippen MR) is 48.3 cm³/mol. The molecule has 0 aliphatic rings. The van der Waals surface area contributed by atoms with E-state index in [4.69, 9.17) is 0 Å². The Morgan fingerprint density at radius 2 is 1.75 bits per heavy atom. The molecule has 0 nitrogen and oxygen atoms in total. The summed E-state index contributed by atoms with van der Waals surface area (Å²) in [5.41, 5.74) is 1.33. The zero-order valence-corrected chi connectivity index (χ0v) is 8.33. The summed E-state index contributed by atoms with van der Waals surface area (Å²) in [6.07, 6.45) is 0. The van der Waals surface area contributed by atoms with Gasteiger partial charge in [0.15, 0.2) is 0 Å². The molecule has 0 heterocycles. The normalized spacial score (nSPS) is 10.6. The summed E-state index contributed by atoms with van der Waals surface area (Å²) < 4.78 is 1.22. The first-order valence-electron chi connectivity index (χ1n) is 3.90. The molecular formula is C11H9Pd+. The van der Waals surface area contributed by atoms with E-state index in [1.165, 1.54) is 20.4 Å². The summed E-state index contributed by atoms with van der Waals surface area (Å²) in [5, 5.41) is 2.65. The van der Waals surface area contributed by atoms with E-state index in [0.717, 1.165) is 0 Å². The fraction of sp³-hybridized carbons (Fsp3) is 0.0909. The average molecular weight is 248 g/mol. The molecule has 0 aliphatic heterocycles. The zero-order chi connectivity index (χ0) is 8.55. The maximum atomic E-state index is 3.24. The third-order valence-corrected chi connectivity index (χ3v) is 2.94. The van der Waals surface area contributed by atoms with Crippen molar-refractivity contribution in [2.75, 3.05) is 0 Å². The summed E-state index contributed by atoms with van der Waals surface area (Å²) in [4.78, 5) is 0. The molecule has 1 heteroatoms. The number of rotatable bonds is 0. The van der Waals surface area contributed by atoms with Gasteiger partial charge in [-0.1, -0.05) is 0 Å². The molecule has 0 bridgehead atoms. The van der Waals surface area contributed by atoms with Crippen molar-refractivity contribution in [3.05, 3.63) is 42.0 Å². The Morgan fingerprint density at radius 3 is 2.58 bits per heavy atom. The van der Waals surface area contributed by atoms with E-state index >= 15 is 0 Å². The van der Waals surface area contributed by atoms with E-state index in [9.17, 15) is 0 Å². The molecule has 2 rings (SSSR count). The van der Waals surface area contributed by atoms with Crippen LogP contribution in [0.15, 0.2) is 36.4 Å². The summed E-state index contributed by atoms with van der Waals surface area (Å²) >= 11 is 3.24. The van der Waals surface area contributed by atoms with Crippen molar-refractivity contribution in [1.29, 1.82) is 0 Å². The summed E-state index contributed by atoms with van der Waals surface area (Å²) in [6.45, 7) is 2.14. The SMILES string of the molecule is Cc1[c]([Pd+])ccc2ccccc12. The van der Waals surface area contributed by atoms with Crippen molar-refractivity contribution < 1.29 is 19.2 Å². The predicted octanol–water partition coefficient (Wildman–Crippen LogP) is 2.32. The van der Waals surface area contributed by atoms with Gasteiger partial charge in [0.25, 0.3) is 0 Å². The zero-order valence-electron chi connectivity index (χ0n) is 6.78. The molecule has 0 atom stereocenters. The topological polar surface area (TPSA) is 0 Å². The van der Waals surface area contributed by atoms with Gasteiger partial charge in [0.1, 0.15) is 0 Å². The van der Waals surface area contributed by atoms with Gasteiger partial charge in [0, 0.05) is 0 Å². The average Bonchev–Trinajstić information content (AvgIpc) is 2.12. The van der Waals surface area contributed by atoms with E-state index in [1.54, 1.807) is 0 Å². The van der Waals surface area contributed by atoms with E-state index in [0.29, 0.717) is 0 Å². The molecule has 0 N–H and O–H groups in total. The van der Waals surface area contributed by atoms with Gasteiger partial charge in [-0.3, -0.25) is 0 Å². The number of aryl methyl sites for hydroxylation is 1. The fourth-order valence-electron chi connectivity index (χ4n) is 1.39. The van der Waals surface area contributed by atoms with Crippen LogP contribution in [0.4, 0.5) is 0 Å². The first-order valence-corrected chi connectivity index (χ1v) is 4.67. The Kier molecular flexibility index (Phi) is 2.00. The number of benzene rings is 2.